The molecule has 3 heterocycles. The van der Waals surface area contributed by atoms with Crippen LogP contribution in [-0.2, 0) is 12.5 Å². The summed E-state index contributed by atoms with van der Waals surface area (Å²) in [6, 6.07) is 34.9. The number of aromatic nitrogens is 4. The number of nitriles is 1. The van der Waals surface area contributed by atoms with Gasteiger partial charge < -0.3 is 4.74 Å². The molecule has 0 unspecified atom stereocenters. The predicted octanol–water partition coefficient (Wildman–Crippen LogP) is 7.91. The minimum Gasteiger partial charge on any atom is -0.457 e. The van der Waals surface area contributed by atoms with Crippen LogP contribution in [0.5, 0.6) is 11.5 Å². The van der Waals surface area contributed by atoms with Crippen molar-refractivity contribution < 1.29 is 9.30 Å². The van der Waals surface area contributed by atoms with Crippen LogP contribution in [0.1, 0.15) is 31.9 Å². The Kier molecular flexibility index (Phi) is 5.84. The van der Waals surface area contributed by atoms with Crippen molar-refractivity contribution in [1.29, 1.82) is 5.26 Å². The fourth-order valence-electron chi connectivity index (χ4n) is 5.69. The smallest absolute Gasteiger partial charge is 0.249 e. The second-order valence-corrected chi connectivity index (χ2v) is 11.7. The highest BCUT2D eigenvalue weighted by Crippen LogP contribution is 2.36. The van der Waals surface area contributed by atoms with Crippen molar-refractivity contribution in [2.45, 2.75) is 26.2 Å². The summed E-state index contributed by atoms with van der Waals surface area (Å²) in [5, 5.41) is 11.6. The van der Waals surface area contributed by atoms with Crippen LogP contribution in [0.3, 0.4) is 0 Å². The molecular formula is C36H30N5O+. The fourth-order valence-corrected chi connectivity index (χ4v) is 5.69. The summed E-state index contributed by atoms with van der Waals surface area (Å²) in [6.07, 6.45) is 3.95. The van der Waals surface area contributed by atoms with E-state index in [9.17, 15) is 5.26 Å². The molecule has 6 heteroatoms. The molecular weight excluding hydrogens is 518 g/mol. The average molecular weight is 549 g/mol. The lowest BCUT2D eigenvalue weighted by Crippen LogP contribution is -2.25. The van der Waals surface area contributed by atoms with Crippen molar-refractivity contribution in [3.05, 3.63) is 121 Å². The van der Waals surface area contributed by atoms with Crippen LogP contribution in [0.2, 0.25) is 0 Å². The van der Waals surface area contributed by atoms with Crippen molar-refractivity contribution in [3.8, 4) is 29.1 Å². The Hall–Kier alpha value is -5.41. The summed E-state index contributed by atoms with van der Waals surface area (Å²) < 4.78 is 12.9. The Balaban J connectivity index is 1.35. The van der Waals surface area contributed by atoms with Gasteiger partial charge in [-0.2, -0.15) is 9.83 Å². The number of aryl methyl sites for hydroxylation is 1. The van der Waals surface area contributed by atoms with E-state index in [1.807, 2.05) is 42.6 Å². The van der Waals surface area contributed by atoms with E-state index in [1.165, 1.54) is 5.56 Å². The number of pyridine rings is 1. The quantitative estimate of drug-likeness (QED) is 0.210. The largest absolute Gasteiger partial charge is 0.457 e. The van der Waals surface area contributed by atoms with Gasteiger partial charge >= 0.3 is 0 Å². The number of imidazole rings is 1. The number of benzene rings is 4. The minimum atomic E-state index is -0.0220. The van der Waals surface area contributed by atoms with Crippen molar-refractivity contribution >= 4 is 32.8 Å². The lowest BCUT2D eigenvalue weighted by atomic mass is 9.88. The number of nitrogens with zero attached hydrogens (tertiary/aromatic N) is 5. The molecule has 0 spiro atoms. The summed E-state index contributed by atoms with van der Waals surface area (Å²) in [5.41, 5.74) is 7.07. The van der Waals surface area contributed by atoms with E-state index >= 15 is 0 Å². The highest BCUT2D eigenvalue weighted by molar-refractivity contribution is 6.10. The van der Waals surface area contributed by atoms with Gasteiger partial charge in [-0.3, -0.25) is 4.57 Å². The molecule has 0 atom stereocenters. The maximum Gasteiger partial charge on any atom is 0.249 e. The van der Waals surface area contributed by atoms with Gasteiger partial charge in [0, 0.05) is 29.1 Å². The summed E-state index contributed by atoms with van der Waals surface area (Å²) in [6.45, 7) is 6.61. The van der Waals surface area contributed by atoms with Crippen LogP contribution in [0.25, 0.3) is 44.3 Å². The second-order valence-electron chi connectivity index (χ2n) is 11.7. The molecule has 4 aromatic carbocycles. The first-order chi connectivity index (χ1) is 20.3. The van der Waals surface area contributed by atoms with E-state index in [-0.39, 0.29) is 5.41 Å². The SMILES string of the molecule is C[n+]1cn(-c2cccc(Oc3ccc4c5cc(C#N)ccc5n(-c5cc(C(C)(C)C)ccn5)c4c3)c2)c2ccccc21. The van der Waals surface area contributed by atoms with Gasteiger partial charge in [0.05, 0.1) is 29.7 Å². The second kappa shape index (κ2) is 9.60. The molecule has 0 aliphatic heterocycles. The number of ether oxygens (including phenoxy) is 1. The maximum absolute atomic E-state index is 9.60. The monoisotopic (exact) mass is 548 g/mol. The molecule has 0 radical (unpaired) electrons. The van der Waals surface area contributed by atoms with E-state index in [2.05, 4.69) is 115 Å². The van der Waals surface area contributed by atoms with Crippen LogP contribution in [0, 0.1) is 11.3 Å². The van der Waals surface area contributed by atoms with Gasteiger partial charge in [-0.25, -0.2) is 9.55 Å². The van der Waals surface area contributed by atoms with Crippen molar-refractivity contribution in [2.24, 2.45) is 7.05 Å². The van der Waals surface area contributed by atoms with Crippen LogP contribution < -0.4 is 9.30 Å². The number of fused-ring (bicyclic) bond motifs is 4. The Morgan fingerprint density at radius 3 is 2.45 bits per heavy atom. The first-order valence-corrected chi connectivity index (χ1v) is 14.0. The molecule has 3 aromatic heterocycles. The zero-order valence-electron chi connectivity index (χ0n) is 24.0. The van der Waals surface area contributed by atoms with Crippen molar-refractivity contribution in [3.63, 3.8) is 0 Å². The number of rotatable bonds is 4. The molecule has 0 aliphatic carbocycles. The van der Waals surface area contributed by atoms with Gasteiger partial charge in [-0.15, -0.1) is 0 Å². The first kappa shape index (κ1) is 25.6. The lowest BCUT2D eigenvalue weighted by Gasteiger charge is -2.20. The summed E-state index contributed by atoms with van der Waals surface area (Å²) in [7, 11) is 2.05. The van der Waals surface area contributed by atoms with Crippen LogP contribution in [-0.4, -0.2) is 14.1 Å². The summed E-state index contributed by atoms with van der Waals surface area (Å²) in [5.74, 6) is 2.30. The highest BCUT2D eigenvalue weighted by atomic mass is 16.5. The molecule has 0 saturated heterocycles. The average Bonchev–Trinajstić information content (AvgIpc) is 3.51. The molecule has 0 bridgehead atoms. The molecule has 6 nitrogen and oxygen atoms in total. The van der Waals surface area contributed by atoms with Crippen LogP contribution in [0.15, 0.2) is 110 Å². The molecule has 42 heavy (non-hydrogen) atoms. The normalized spacial score (nSPS) is 11.8. The lowest BCUT2D eigenvalue weighted by molar-refractivity contribution is -0.645. The Labute approximate surface area is 244 Å². The van der Waals surface area contributed by atoms with Gasteiger partial charge in [-0.1, -0.05) is 39.0 Å². The molecule has 204 valence electrons. The zero-order valence-corrected chi connectivity index (χ0v) is 24.0. The molecule has 0 N–H and O–H groups in total. The van der Waals surface area contributed by atoms with Gasteiger partial charge in [0.25, 0.3) is 0 Å². The topological polar surface area (TPSA) is 59.6 Å². The molecule has 0 aliphatic rings. The maximum atomic E-state index is 9.60. The molecule has 0 amide bonds. The van der Waals surface area contributed by atoms with E-state index in [1.54, 1.807) is 0 Å². The summed E-state index contributed by atoms with van der Waals surface area (Å²) in [4.78, 5) is 4.78. The van der Waals surface area contributed by atoms with Crippen LogP contribution >= 0.6 is 0 Å². The van der Waals surface area contributed by atoms with Crippen molar-refractivity contribution in [1.82, 2.24) is 14.1 Å². The number of hydrogen-bond acceptors (Lipinski definition) is 3. The summed E-state index contributed by atoms with van der Waals surface area (Å²) >= 11 is 0. The predicted molar refractivity (Wildman–Crippen MR) is 167 cm³/mol. The third-order valence-corrected chi connectivity index (χ3v) is 7.85. The Morgan fingerprint density at radius 1 is 0.786 bits per heavy atom. The standard InChI is InChI=1S/C36H30N5O/c1-36(2,3)25-16-17-38-35(19-25)41-31-15-12-24(22-37)18-30(31)29-14-13-28(21-34(29)41)42-27-9-7-8-26(20-27)40-23-39(4)32-10-5-6-11-33(32)40/h5-21,23H,1-4H3/q+1. The van der Waals surface area contributed by atoms with E-state index in [0.717, 1.165) is 55.8 Å². The third-order valence-electron chi connectivity index (χ3n) is 7.85. The van der Waals surface area contributed by atoms with Gasteiger partial charge in [-0.05, 0) is 77.7 Å². The van der Waals surface area contributed by atoms with Gasteiger partial charge in [0.1, 0.15) is 23.0 Å². The molecule has 7 rings (SSSR count). The van der Waals surface area contributed by atoms with E-state index in [0.29, 0.717) is 5.56 Å². The van der Waals surface area contributed by atoms with Crippen molar-refractivity contribution in [2.75, 3.05) is 0 Å². The Morgan fingerprint density at radius 2 is 1.62 bits per heavy atom. The fraction of sp³-hybridized carbons (Fsp3) is 0.139. The van der Waals surface area contributed by atoms with Gasteiger partial charge in [0.15, 0.2) is 11.0 Å². The minimum absolute atomic E-state index is 0.0220. The van der Waals surface area contributed by atoms with Gasteiger partial charge in [0.2, 0.25) is 6.33 Å². The van der Waals surface area contributed by atoms with E-state index in [4.69, 9.17) is 9.72 Å². The van der Waals surface area contributed by atoms with E-state index < -0.39 is 0 Å². The zero-order chi connectivity index (χ0) is 29.0. The highest BCUT2D eigenvalue weighted by Gasteiger charge is 2.19. The molecule has 0 fully saturated rings. The molecule has 0 saturated carbocycles. The first-order valence-electron chi connectivity index (χ1n) is 14.0. The van der Waals surface area contributed by atoms with Crippen LogP contribution in [0.4, 0.5) is 0 Å². The Bertz CT molecular complexity index is 2190. The molecule has 7 aromatic rings. The third kappa shape index (κ3) is 4.27. The number of para-hydroxylation sites is 2. The number of hydrogen-bond donors (Lipinski definition) is 0.